The van der Waals surface area contributed by atoms with Crippen LogP contribution in [0.4, 0.5) is 4.39 Å². The molecule has 2 fully saturated rings. The zero-order valence-electron chi connectivity index (χ0n) is 20.8. The van der Waals surface area contributed by atoms with Gasteiger partial charge in [-0.3, -0.25) is 14.4 Å². The zero-order chi connectivity index (χ0) is 25.4. The van der Waals surface area contributed by atoms with E-state index in [0.717, 1.165) is 10.9 Å². The summed E-state index contributed by atoms with van der Waals surface area (Å²) in [7, 11) is 3.19. The standard InChI is InChI=1S/C25H34FN5O4/c1-13(27-4)24(33)29-22(14(2)35-5)25(34)30-9-8-21-23(30)19(12-31(21)15(3)32)18-11-28-20-10-16(26)6-7-17(18)20/h6-7,10-11,13-14,19,21-23,27-28H,8-9,12H2,1-5H3,(H,29,33). The molecule has 2 aromatic rings. The molecule has 1 aromatic carbocycles. The molecule has 9 nitrogen and oxygen atoms in total. The summed E-state index contributed by atoms with van der Waals surface area (Å²) < 4.78 is 19.2. The molecule has 4 rings (SSSR count). The first-order valence-corrected chi connectivity index (χ1v) is 12.0. The van der Waals surface area contributed by atoms with Crippen molar-refractivity contribution in [1.82, 2.24) is 25.4 Å². The number of nitrogens with zero attached hydrogens (tertiary/aromatic N) is 2. The van der Waals surface area contributed by atoms with E-state index in [4.69, 9.17) is 4.74 Å². The summed E-state index contributed by atoms with van der Waals surface area (Å²) in [6.07, 6.45) is 1.95. The minimum atomic E-state index is -0.869. The van der Waals surface area contributed by atoms with Gasteiger partial charge in [-0.25, -0.2) is 4.39 Å². The smallest absolute Gasteiger partial charge is 0.248 e. The average Bonchev–Trinajstić information content (AvgIpc) is 3.54. The minimum absolute atomic E-state index is 0.0411. The molecule has 0 bridgehead atoms. The highest BCUT2D eigenvalue weighted by molar-refractivity contribution is 5.91. The molecule has 0 saturated carbocycles. The van der Waals surface area contributed by atoms with E-state index in [-0.39, 0.29) is 41.5 Å². The monoisotopic (exact) mass is 487 g/mol. The van der Waals surface area contributed by atoms with Crippen molar-refractivity contribution in [3.8, 4) is 0 Å². The molecular formula is C25H34FN5O4. The number of likely N-dealkylation sites (tertiary alicyclic amines) is 2. The van der Waals surface area contributed by atoms with Crippen molar-refractivity contribution in [1.29, 1.82) is 0 Å². The molecular weight excluding hydrogens is 453 g/mol. The van der Waals surface area contributed by atoms with Crippen LogP contribution < -0.4 is 10.6 Å². The van der Waals surface area contributed by atoms with E-state index >= 15 is 0 Å². The van der Waals surface area contributed by atoms with Crippen LogP contribution in [0.2, 0.25) is 0 Å². The number of ether oxygens (including phenoxy) is 1. The summed E-state index contributed by atoms with van der Waals surface area (Å²) in [6.45, 7) is 5.95. The Morgan fingerprint density at radius 3 is 2.63 bits per heavy atom. The highest BCUT2D eigenvalue weighted by Crippen LogP contribution is 2.43. The van der Waals surface area contributed by atoms with Crippen LogP contribution in [-0.2, 0) is 19.1 Å². The summed E-state index contributed by atoms with van der Waals surface area (Å²) in [6, 6.07) is 2.86. The molecule has 10 heteroatoms. The number of carbonyl (C=O) groups excluding carboxylic acids is 3. The van der Waals surface area contributed by atoms with E-state index < -0.39 is 18.2 Å². The van der Waals surface area contributed by atoms with Gasteiger partial charge in [-0.05, 0) is 51.1 Å². The van der Waals surface area contributed by atoms with Crippen molar-refractivity contribution in [2.45, 2.75) is 63.4 Å². The van der Waals surface area contributed by atoms with Gasteiger partial charge in [-0.2, -0.15) is 0 Å². The van der Waals surface area contributed by atoms with Crippen LogP contribution in [0.3, 0.4) is 0 Å². The van der Waals surface area contributed by atoms with Crippen LogP contribution in [0.5, 0.6) is 0 Å². The predicted molar refractivity (Wildman–Crippen MR) is 129 cm³/mol. The highest BCUT2D eigenvalue weighted by atomic mass is 19.1. The first-order chi connectivity index (χ1) is 16.7. The summed E-state index contributed by atoms with van der Waals surface area (Å²) >= 11 is 0. The SMILES string of the molecule is CNC(C)C(=O)NC(C(=O)N1CCC2C1C(c1c[nH]c3cc(F)ccc13)CN2C(C)=O)C(C)OC. The number of likely N-dealkylation sites (N-methyl/N-ethyl adjacent to an activating group) is 1. The first-order valence-electron chi connectivity index (χ1n) is 12.0. The maximum absolute atomic E-state index is 13.9. The molecule has 2 saturated heterocycles. The van der Waals surface area contributed by atoms with Gasteiger partial charge in [0.2, 0.25) is 17.7 Å². The number of amides is 3. The van der Waals surface area contributed by atoms with E-state index in [1.54, 1.807) is 38.8 Å². The number of nitrogens with one attached hydrogen (secondary N) is 3. The third-order valence-corrected chi connectivity index (χ3v) is 7.62. The summed E-state index contributed by atoms with van der Waals surface area (Å²) in [5, 5.41) is 6.61. The van der Waals surface area contributed by atoms with Gasteiger partial charge in [-0.15, -0.1) is 0 Å². The summed E-state index contributed by atoms with van der Waals surface area (Å²) in [5.74, 6) is -1.05. The molecule has 3 heterocycles. The number of aromatic amines is 1. The lowest BCUT2D eigenvalue weighted by Gasteiger charge is -2.34. The maximum atomic E-state index is 13.9. The maximum Gasteiger partial charge on any atom is 0.248 e. The lowest BCUT2D eigenvalue weighted by atomic mass is 9.91. The van der Waals surface area contributed by atoms with Crippen molar-refractivity contribution < 1.29 is 23.5 Å². The fourth-order valence-electron chi connectivity index (χ4n) is 5.51. The number of methoxy groups -OCH3 is 1. The van der Waals surface area contributed by atoms with Gasteiger partial charge in [0.1, 0.15) is 11.9 Å². The fraction of sp³-hybridized carbons (Fsp3) is 0.560. The number of fused-ring (bicyclic) bond motifs is 2. The van der Waals surface area contributed by atoms with Crippen LogP contribution in [0.15, 0.2) is 24.4 Å². The predicted octanol–water partition coefficient (Wildman–Crippen LogP) is 1.35. The average molecular weight is 488 g/mol. The number of hydrogen-bond acceptors (Lipinski definition) is 5. The van der Waals surface area contributed by atoms with Gasteiger partial charge in [0.15, 0.2) is 0 Å². The van der Waals surface area contributed by atoms with E-state index in [1.165, 1.54) is 19.2 Å². The fourth-order valence-corrected chi connectivity index (χ4v) is 5.51. The van der Waals surface area contributed by atoms with Crippen LogP contribution in [-0.4, -0.2) is 90.0 Å². The normalized spacial score (nSPS) is 24.3. The number of aromatic nitrogens is 1. The molecule has 2 aliphatic heterocycles. The molecule has 1 aromatic heterocycles. The molecule has 0 aliphatic carbocycles. The quantitative estimate of drug-likeness (QED) is 0.547. The second-order valence-electron chi connectivity index (χ2n) is 9.53. The number of carbonyl (C=O) groups is 3. The van der Waals surface area contributed by atoms with Gasteiger partial charge in [0.25, 0.3) is 0 Å². The van der Waals surface area contributed by atoms with Gasteiger partial charge >= 0.3 is 0 Å². The zero-order valence-corrected chi connectivity index (χ0v) is 20.8. The third-order valence-electron chi connectivity index (χ3n) is 7.62. The van der Waals surface area contributed by atoms with Crippen LogP contribution in [0.25, 0.3) is 10.9 Å². The lowest BCUT2D eigenvalue weighted by molar-refractivity contribution is -0.141. The number of H-pyrrole nitrogens is 1. The van der Waals surface area contributed by atoms with Crippen LogP contribution in [0.1, 0.15) is 38.7 Å². The molecule has 0 spiro atoms. The Bertz CT molecular complexity index is 1120. The summed E-state index contributed by atoms with van der Waals surface area (Å²) in [4.78, 5) is 45.8. The first kappa shape index (κ1) is 25.1. The van der Waals surface area contributed by atoms with Gasteiger partial charge < -0.3 is 30.2 Å². The van der Waals surface area contributed by atoms with Crippen molar-refractivity contribution in [3.05, 3.63) is 35.8 Å². The lowest BCUT2D eigenvalue weighted by Crippen LogP contribution is -2.58. The minimum Gasteiger partial charge on any atom is -0.379 e. The molecule has 3 amide bonds. The van der Waals surface area contributed by atoms with Crippen molar-refractivity contribution >= 4 is 28.6 Å². The van der Waals surface area contributed by atoms with Crippen molar-refractivity contribution in [3.63, 3.8) is 0 Å². The Kier molecular flexibility index (Phi) is 7.14. The van der Waals surface area contributed by atoms with E-state index in [9.17, 15) is 18.8 Å². The Hall–Kier alpha value is -2.98. The van der Waals surface area contributed by atoms with Gasteiger partial charge in [0.05, 0.1) is 24.2 Å². The Labute approximate surface area is 204 Å². The molecule has 0 radical (unpaired) electrons. The molecule has 35 heavy (non-hydrogen) atoms. The second-order valence-corrected chi connectivity index (χ2v) is 9.53. The number of halogens is 1. The van der Waals surface area contributed by atoms with Crippen LogP contribution in [0, 0.1) is 5.82 Å². The van der Waals surface area contributed by atoms with E-state index in [2.05, 4.69) is 15.6 Å². The number of hydrogen-bond donors (Lipinski definition) is 3. The number of rotatable bonds is 7. The molecule has 6 unspecified atom stereocenters. The Balaban J connectivity index is 1.69. The molecule has 6 atom stereocenters. The Morgan fingerprint density at radius 1 is 1.23 bits per heavy atom. The van der Waals surface area contributed by atoms with Crippen molar-refractivity contribution in [2.24, 2.45) is 0 Å². The number of benzene rings is 1. The third kappa shape index (κ3) is 4.52. The topological polar surface area (TPSA) is 107 Å². The van der Waals surface area contributed by atoms with E-state index in [0.29, 0.717) is 25.0 Å². The summed E-state index contributed by atoms with van der Waals surface area (Å²) in [5.41, 5.74) is 1.62. The van der Waals surface area contributed by atoms with E-state index in [1.807, 2.05) is 11.1 Å². The second kappa shape index (κ2) is 9.94. The largest absolute Gasteiger partial charge is 0.379 e. The van der Waals surface area contributed by atoms with Crippen LogP contribution >= 0.6 is 0 Å². The Morgan fingerprint density at radius 2 is 1.97 bits per heavy atom. The van der Waals surface area contributed by atoms with Gasteiger partial charge in [-0.1, -0.05) is 0 Å². The highest BCUT2D eigenvalue weighted by Gasteiger charge is 2.53. The molecule has 3 N–H and O–H groups in total. The van der Waals surface area contributed by atoms with Crippen molar-refractivity contribution in [2.75, 3.05) is 27.2 Å². The molecule has 190 valence electrons. The van der Waals surface area contributed by atoms with Gasteiger partial charge in [0, 0.05) is 50.1 Å². The molecule has 2 aliphatic rings.